The predicted molar refractivity (Wildman–Crippen MR) is 76.4 cm³/mol. The van der Waals surface area contributed by atoms with Crippen molar-refractivity contribution in [2.24, 2.45) is 0 Å². The number of alkyl halides is 2. The Morgan fingerprint density at radius 1 is 1.17 bits per heavy atom. The Labute approximate surface area is 134 Å². The highest BCUT2D eigenvalue weighted by atomic mass is 19.3. The molecule has 0 amide bonds. The number of halogens is 2. The molecule has 0 aliphatic rings. The summed E-state index contributed by atoms with van der Waals surface area (Å²) >= 11 is 0. The van der Waals surface area contributed by atoms with E-state index in [0.717, 1.165) is 0 Å². The molecule has 0 bridgehead atoms. The molecule has 0 atom stereocenters. The quantitative estimate of drug-likeness (QED) is 0.636. The van der Waals surface area contributed by atoms with Crippen molar-refractivity contribution in [3.63, 3.8) is 0 Å². The highest BCUT2D eigenvalue weighted by Crippen LogP contribution is 2.23. The number of furan rings is 1. The number of benzene rings is 1. The number of nitrogens with zero attached hydrogens (tertiary/aromatic N) is 1. The first-order valence-corrected chi connectivity index (χ1v) is 6.84. The first-order chi connectivity index (χ1) is 11.6. The molecular weight excluding hydrogens is 324 g/mol. The third-order valence-corrected chi connectivity index (χ3v) is 3.00. The second-order valence-electron chi connectivity index (χ2n) is 4.61. The van der Waals surface area contributed by atoms with Gasteiger partial charge in [-0.05, 0) is 24.3 Å². The Morgan fingerprint density at radius 3 is 2.75 bits per heavy atom. The van der Waals surface area contributed by atoms with Gasteiger partial charge < -0.3 is 18.4 Å². The number of hydrogen-bond acceptors (Lipinski definition) is 6. The van der Waals surface area contributed by atoms with E-state index >= 15 is 0 Å². The average molecular weight is 335 g/mol. The largest absolute Gasteiger partial charge is 0.461 e. The minimum atomic E-state index is -3.04. The van der Waals surface area contributed by atoms with Gasteiger partial charge in [-0.1, -0.05) is 17.3 Å². The zero-order valence-corrected chi connectivity index (χ0v) is 12.1. The lowest BCUT2D eigenvalue weighted by Gasteiger charge is -2.09. The molecule has 2 heterocycles. The van der Waals surface area contributed by atoms with Crippen LogP contribution in [0.15, 0.2) is 57.7 Å². The van der Waals surface area contributed by atoms with Crippen LogP contribution in [0.5, 0.6) is 5.75 Å². The van der Waals surface area contributed by atoms with Crippen molar-refractivity contribution < 1.29 is 32.0 Å². The first kappa shape index (κ1) is 15.7. The molecule has 0 radical (unpaired) electrons. The van der Waals surface area contributed by atoms with E-state index in [9.17, 15) is 13.6 Å². The van der Waals surface area contributed by atoms with Crippen molar-refractivity contribution in [2.45, 2.75) is 13.2 Å². The van der Waals surface area contributed by atoms with Gasteiger partial charge in [0.25, 0.3) is 0 Å². The third kappa shape index (κ3) is 3.60. The molecule has 8 heteroatoms. The molecule has 1 aromatic carbocycles. The lowest BCUT2D eigenvalue weighted by molar-refractivity contribution is -0.0505. The van der Waals surface area contributed by atoms with Gasteiger partial charge in [-0.15, -0.1) is 0 Å². The molecule has 6 nitrogen and oxygen atoms in total. The molecule has 24 heavy (non-hydrogen) atoms. The van der Waals surface area contributed by atoms with Crippen LogP contribution in [-0.4, -0.2) is 17.7 Å². The van der Waals surface area contributed by atoms with Gasteiger partial charge in [-0.25, -0.2) is 4.79 Å². The van der Waals surface area contributed by atoms with Crippen molar-refractivity contribution in [3.8, 4) is 17.3 Å². The van der Waals surface area contributed by atoms with Crippen molar-refractivity contribution in [2.75, 3.05) is 0 Å². The summed E-state index contributed by atoms with van der Waals surface area (Å²) < 4.78 is 44.2. The monoisotopic (exact) mass is 335 g/mol. The fourth-order valence-corrected chi connectivity index (χ4v) is 1.97. The van der Waals surface area contributed by atoms with Crippen LogP contribution in [0.3, 0.4) is 0 Å². The molecule has 0 unspecified atom stereocenters. The van der Waals surface area contributed by atoms with E-state index in [0.29, 0.717) is 17.2 Å². The second kappa shape index (κ2) is 6.95. The maximum Gasteiger partial charge on any atom is 0.387 e. The van der Waals surface area contributed by atoms with Gasteiger partial charge in [0, 0.05) is 6.07 Å². The minimum absolute atomic E-state index is 0.104. The van der Waals surface area contributed by atoms with Crippen molar-refractivity contribution in [1.82, 2.24) is 5.16 Å². The summed E-state index contributed by atoms with van der Waals surface area (Å²) in [5.41, 5.74) is 0.245. The molecule has 0 spiro atoms. The van der Waals surface area contributed by atoms with Crippen LogP contribution in [0.2, 0.25) is 0 Å². The number of para-hydroxylation sites is 1. The van der Waals surface area contributed by atoms with Crippen LogP contribution in [0.4, 0.5) is 8.78 Å². The van der Waals surface area contributed by atoms with Crippen LogP contribution in [-0.2, 0) is 11.3 Å². The van der Waals surface area contributed by atoms with Gasteiger partial charge in [0.2, 0.25) is 5.76 Å². The number of ether oxygens (including phenoxy) is 2. The third-order valence-electron chi connectivity index (χ3n) is 3.00. The summed E-state index contributed by atoms with van der Waals surface area (Å²) in [6, 6.07) is 10.5. The van der Waals surface area contributed by atoms with Crippen LogP contribution >= 0.6 is 0 Å². The standard InChI is InChI=1S/C16H11F2NO5/c17-16(18)23-12-5-2-1-4-11(12)15(20)22-9-10-8-14(24-19-10)13-6-3-7-21-13/h1-8,16H,9H2. The van der Waals surface area contributed by atoms with Gasteiger partial charge in [-0.2, -0.15) is 8.78 Å². The van der Waals surface area contributed by atoms with Gasteiger partial charge in [0.1, 0.15) is 23.6 Å². The maximum absolute atomic E-state index is 12.3. The summed E-state index contributed by atoms with van der Waals surface area (Å²) in [5, 5.41) is 3.75. The van der Waals surface area contributed by atoms with Crippen LogP contribution in [0, 0.1) is 0 Å². The molecule has 124 valence electrons. The molecule has 2 aromatic heterocycles. The number of carbonyl (C=O) groups excluding carboxylic acids is 1. The zero-order chi connectivity index (χ0) is 16.9. The van der Waals surface area contributed by atoms with Crippen molar-refractivity contribution in [3.05, 3.63) is 60.0 Å². The van der Waals surface area contributed by atoms with Gasteiger partial charge in [0.05, 0.1) is 6.26 Å². The van der Waals surface area contributed by atoms with Crippen molar-refractivity contribution in [1.29, 1.82) is 0 Å². The Morgan fingerprint density at radius 2 is 2.00 bits per heavy atom. The Kier molecular flexibility index (Phi) is 4.55. The molecule has 0 aliphatic carbocycles. The lowest BCUT2D eigenvalue weighted by Crippen LogP contribution is -2.10. The van der Waals surface area contributed by atoms with E-state index in [1.165, 1.54) is 30.5 Å². The van der Waals surface area contributed by atoms with E-state index in [-0.39, 0.29) is 17.9 Å². The van der Waals surface area contributed by atoms with Crippen molar-refractivity contribution >= 4 is 5.97 Å². The van der Waals surface area contributed by atoms with Gasteiger partial charge >= 0.3 is 12.6 Å². The van der Waals surface area contributed by atoms with E-state index in [1.54, 1.807) is 18.2 Å². The summed E-state index contributed by atoms with van der Waals surface area (Å²) in [7, 11) is 0. The van der Waals surface area contributed by atoms with Gasteiger partial charge in [0.15, 0.2) is 5.76 Å². The highest BCUT2D eigenvalue weighted by Gasteiger charge is 2.17. The summed E-state index contributed by atoms with van der Waals surface area (Å²) in [4.78, 5) is 12.0. The summed E-state index contributed by atoms with van der Waals surface area (Å²) in [6.07, 6.45) is 1.48. The number of aromatic nitrogens is 1. The fraction of sp³-hybridized carbons (Fsp3) is 0.125. The van der Waals surface area contributed by atoms with E-state index in [4.69, 9.17) is 13.7 Å². The molecule has 0 saturated heterocycles. The molecule has 0 fully saturated rings. The molecule has 0 N–H and O–H groups in total. The smallest absolute Gasteiger partial charge is 0.387 e. The number of esters is 1. The van der Waals surface area contributed by atoms with Crippen LogP contribution in [0.25, 0.3) is 11.5 Å². The summed E-state index contributed by atoms with van der Waals surface area (Å²) in [6.45, 7) is -3.23. The fourth-order valence-electron chi connectivity index (χ4n) is 1.97. The first-order valence-electron chi connectivity index (χ1n) is 6.84. The minimum Gasteiger partial charge on any atom is -0.461 e. The van der Waals surface area contributed by atoms with E-state index in [1.807, 2.05) is 0 Å². The molecule has 0 saturated carbocycles. The topological polar surface area (TPSA) is 74.7 Å². The maximum atomic E-state index is 12.3. The van der Waals surface area contributed by atoms with E-state index in [2.05, 4.69) is 9.89 Å². The number of rotatable bonds is 6. The molecule has 0 aliphatic heterocycles. The van der Waals surface area contributed by atoms with Gasteiger partial charge in [-0.3, -0.25) is 0 Å². The van der Waals surface area contributed by atoms with Crippen LogP contribution in [0.1, 0.15) is 16.1 Å². The highest BCUT2D eigenvalue weighted by molar-refractivity contribution is 5.92. The Balaban J connectivity index is 1.66. The average Bonchev–Trinajstić information content (AvgIpc) is 3.24. The molecule has 3 rings (SSSR count). The Bertz CT molecular complexity index is 814. The number of carbonyl (C=O) groups is 1. The second-order valence-corrected chi connectivity index (χ2v) is 4.61. The summed E-state index contributed by atoms with van der Waals surface area (Å²) in [5.74, 6) is -0.203. The SMILES string of the molecule is O=C(OCc1cc(-c2ccco2)on1)c1ccccc1OC(F)F. The zero-order valence-electron chi connectivity index (χ0n) is 12.1. The van der Waals surface area contributed by atoms with E-state index < -0.39 is 12.6 Å². The predicted octanol–water partition coefficient (Wildman–Crippen LogP) is 3.89. The lowest BCUT2D eigenvalue weighted by atomic mass is 10.2. The molecule has 3 aromatic rings. The van der Waals surface area contributed by atoms with Crippen LogP contribution < -0.4 is 4.74 Å². The number of hydrogen-bond donors (Lipinski definition) is 0. The normalized spacial score (nSPS) is 10.8. The Hall–Kier alpha value is -3.16. The molecular formula is C16H11F2NO5.